The molecule has 0 radical (unpaired) electrons. The van der Waals surface area contributed by atoms with Crippen molar-refractivity contribution in [2.24, 2.45) is 0 Å². The largest absolute Gasteiger partial charge is 0.447 e. The van der Waals surface area contributed by atoms with Gasteiger partial charge >= 0.3 is 0 Å². The molecule has 2 nitrogen and oxygen atoms in total. The molecule has 68 valence electrons. The van der Waals surface area contributed by atoms with E-state index in [-0.39, 0.29) is 0 Å². The molecule has 0 amide bonds. The first-order chi connectivity index (χ1) is 5.66. The SMILES string of the molecule is CSC(C)c1ocnc1C(C)C. The molecule has 1 aromatic heterocycles. The molecule has 1 rings (SSSR count). The van der Waals surface area contributed by atoms with Crippen LogP contribution in [0.4, 0.5) is 0 Å². The summed E-state index contributed by atoms with van der Waals surface area (Å²) in [5.74, 6) is 1.48. The van der Waals surface area contributed by atoms with Crippen LogP contribution in [0.5, 0.6) is 0 Å². The van der Waals surface area contributed by atoms with Crippen molar-refractivity contribution in [3.63, 3.8) is 0 Å². The minimum Gasteiger partial charge on any atom is -0.447 e. The summed E-state index contributed by atoms with van der Waals surface area (Å²) in [5.41, 5.74) is 1.09. The number of hydrogen-bond donors (Lipinski definition) is 0. The van der Waals surface area contributed by atoms with E-state index in [2.05, 4.69) is 32.0 Å². The van der Waals surface area contributed by atoms with Crippen molar-refractivity contribution in [2.75, 3.05) is 6.26 Å². The average Bonchev–Trinajstić information content (AvgIpc) is 2.50. The van der Waals surface area contributed by atoms with Gasteiger partial charge in [0.05, 0.1) is 10.9 Å². The van der Waals surface area contributed by atoms with Crippen LogP contribution in [0.25, 0.3) is 0 Å². The van der Waals surface area contributed by atoms with Crippen LogP contribution >= 0.6 is 11.8 Å². The first-order valence-corrected chi connectivity index (χ1v) is 5.41. The Morgan fingerprint density at radius 3 is 2.58 bits per heavy atom. The van der Waals surface area contributed by atoms with E-state index in [1.54, 1.807) is 11.8 Å². The Balaban J connectivity index is 2.91. The van der Waals surface area contributed by atoms with Crippen LogP contribution in [0.15, 0.2) is 10.8 Å². The molecule has 0 saturated heterocycles. The summed E-state index contributed by atoms with van der Waals surface area (Å²) < 4.78 is 5.35. The number of hydrogen-bond acceptors (Lipinski definition) is 3. The Morgan fingerprint density at radius 2 is 2.08 bits per heavy atom. The number of nitrogens with zero attached hydrogens (tertiary/aromatic N) is 1. The smallest absolute Gasteiger partial charge is 0.181 e. The molecule has 1 unspecified atom stereocenters. The zero-order valence-corrected chi connectivity index (χ0v) is 8.81. The number of rotatable bonds is 3. The molecule has 0 aliphatic heterocycles. The first kappa shape index (κ1) is 9.65. The summed E-state index contributed by atoms with van der Waals surface area (Å²) >= 11 is 1.78. The van der Waals surface area contributed by atoms with Gasteiger partial charge in [0.15, 0.2) is 6.39 Å². The van der Waals surface area contributed by atoms with Gasteiger partial charge in [0.2, 0.25) is 0 Å². The van der Waals surface area contributed by atoms with Gasteiger partial charge in [-0.3, -0.25) is 0 Å². The van der Waals surface area contributed by atoms with Crippen LogP contribution < -0.4 is 0 Å². The second-order valence-corrected chi connectivity index (χ2v) is 4.31. The summed E-state index contributed by atoms with van der Waals surface area (Å²) in [6.45, 7) is 6.40. The lowest BCUT2D eigenvalue weighted by molar-refractivity contribution is 0.502. The van der Waals surface area contributed by atoms with E-state index >= 15 is 0 Å². The van der Waals surface area contributed by atoms with Crippen LogP contribution in [0.1, 0.15) is 43.4 Å². The van der Waals surface area contributed by atoms with Crippen LogP contribution in [0, 0.1) is 0 Å². The molecule has 1 aromatic rings. The first-order valence-electron chi connectivity index (χ1n) is 4.12. The Labute approximate surface area is 77.8 Å². The van der Waals surface area contributed by atoms with Gasteiger partial charge in [-0.15, -0.1) is 0 Å². The van der Waals surface area contributed by atoms with Gasteiger partial charge in [-0.05, 0) is 19.1 Å². The molecule has 0 aliphatic carbocycles. The average molecular weight is 185 g/mol. The van der Waals surface area contributed by atoms with E-state index in [0.717, 1.165) is 11.5 Å². The Hall–Kier alpha value is -0.440. The summed E-state index contributed by atoms with van der Waals surface area (Å²) in [6.07, 6.45) is 3.62. The zero-order valence-electron chi connectivity index (χ0n) is 8.00. The van der Waals surface area contributed by atoms with E-state index in [0.29, 0.717) is 11.2 Å². The zero-order chi connectivity index (χ0) is 9.14. The third kappa shape index (κ3) is 1.83. The second kappa shape index (κ2) is 3.99. The lowest BCUT2D eigenvalue weighted by Gasteiger charge is -2.08. The van der Waals surface area contributed by atoms with Crippen molar-refractivity contribution in [1.82, 2.24) is 4.98 Å². The van der Waals surface area contributed by atoms with E-state index in [4.69, 9.17) is 4.42 Å². The van der Waals surface area contributed by atoms with Gasteiger partial charge in [0.25, 0.3) is 0 Å². The van der Waals surface area contributed by atoms with Gasteiger partial charge in [0, 0.05) is 0 Å². The third-order valence-electron chi connectivity index (χ3n) is 1.89. The molecular formula is C9H15NOS. The highest BCUT2D eigenvalue weighted by Gasteiger charge is 2.16. The monoisotopic (exact) mass is 185 g/mol. The molecule has 0 bridgehead atoms. The predicted octanol–water partition coefficient (Wildman–Crippen LogP) is 3.22. The van der Waals surface area contributed by atoms with Crippen molar-refractivity contribution in [3.8, 4) is 0 Å². The fourth-order valence-corrected chi connectivity index (χ4v) is 1.50. The molecule has 0 saturated carbocycles. The minimum absolute atomic E-state index is 0.407. The molecule has 0 spiro atoms. The fraction of sp³-hybridized carbons (Fsp3) is 0.667. The number of thioether (sulfide) groups is 1. The molecular weight excluding hydrogens is 170 g/mol. The standard InChI is InChI=1S/C9H15NOS/c1-6(2)8-9(7(3)12-4)11-5-10-8/h5-7H,1-4H3. The van der Waals surface area contributed by atoms with Crippen LogP contribution in [0.3, 0.4) is 0 Å². The molecule has 0 aromatic carbocycles. The maximum atomic E-state index is 5.35. The van der Waals surface area contributed by atoms with Gasteiger partial charge in [-0.25, -0.2) is 4.98 Å². The highest BCUT2D eigenvalue weighted by Crippen LogP contribution is 2.31. The lowest BCUT2D eigenvalue weighted by atomic mass is 10.1. The Bertz CT molecular complexity index is 244. The van der Waals surface area contributed by atoms with Gasteiger partial charge in [0.1, 0.15) is 5.76 Å². The number of aromatic nitrogens is 1. The maximum absolute atomic E-state index is 5.35. The molecule has 1 atom stereocenters. The van der Waals surface area contributed by atoms with Crippen LogP contribution in [0.2, 0.25) is 0 Å². The number of oxazole rings is 1. The van der Waals surface area contributed by atoms with Crippen molar-refractivity contribution in [2.45, 2.75) is 31.9 Å². The van der Waals surface area contributed by atoms with Crippen LogP contribution in [-0.2, 0) is 0 Å². The van der Waals surface area contributed by atoms with Crippen molar-refractivity contribution >= 4 is 11.8 Å². The highest BCUT2D eigenvalue weighted by atomic mass is 32.2. The molecule has 0 fully saturated rings. The third-order valence-corrected chi connectivity index (χ3v) is 2.81. The highest BCUT2D eigenvalue weighted by molar-refractivity contribution is 7.98. The Kier molecular flexibility index (Phi) is 3.20. The molecule has 0 aliphatic rings. The van der Waals surface area contributed by atoms with E-state index < -0.39 is 0 Å². The molecule has 12 heavy (non-hydrogen) atoms. The van der Waals surface area contributed by atoms with Gasteiger partial charge < -0.3 is 4.42 Å². The van der Waals surface area contributed by atoms with Crippen molar-refractivity contribution in [1.29, 1.82) is 0 Å². The molecule has 0 N–H and O–H groups in total. The van der Waals surface area contributed by atoms with Crippen LogP contribution in [-0.4, -0.2) is 11.2 Å². The van der Waals surface area contributed by atoms with E-state index in [1.807, 2.05) is 0 Å². The normalized spacial score (nSPS) is 13.8. The molecule has 1 heterocycles. The summed E-state index contributed by atoms with van der Waals surface area (Å²) in [4.78, 5) is 4.20. The summed E-state index contributed by atoms with van der Waals surface area (Å²) in [5, 5.41) is 0.407. The summed E-state index contributed by atoms with van der Waals surface area (Å²) in [6, 6.07) is 0. The quantitative estimate of drug-likeness (QED) is 0.723. The summed E-state index contributed by atoms with van der Waals surface area (Å²) in [7, 11) is 0. The minimum atomic E-state index is 0.407. The van der Waals surface area contributed by atoms with Crippen molar-refractivity contribution in [3.05, 3.63) is 17.8 Å². The topological polar surface area (TPSA) is 26.0 Å². The lowest BCUT2D eigenvalue weighted by Crippen LogP contribution is -1.95. The predicted molar refractivity (Wildman–Crippen MR) is 52.5 cm³/mol. The van der Waals surface area contributed by atoms with Gasteiger partial charge in [-0.1, -0.05) is 13.8 Å². The van der Waals surface area contributed by atoms with Crippen molar-refractivity contribution < 1.29 is 4.42 Å². The molecule has 3 heteroatoms. The van der Waals surface area contributed by atoms with E-state index in [9.17, 15) is 0 Å². The fourth-order valence-electron chi connectivity index (χ4n) is 1.11. The Morgan fingerprint density at radius 1 is 1.42 bits per heavy atom. The van der Waals surface area contributed by atoms with Gasteiger partial charge in [-0.2, -0.15) is 11.8 Å². The second-order valence-electron chi connectivity index (χ2n) is 3.13. The van der Waals surface area contributed by atoms with E-state index in [1.165, 1.54) is 6.39 Å². The maximum Gasteiger partial charge on any atom is 0.181 e.